The normalized spacial score (nSPS) is 10.3. The number of anilines is 1. The standard InChI is InChI=1S/C14H15N3O3/c1-3-20-14(19)11(8-15)9-17-12-6-4-10(5-7-12)13(18)16-2/h4-7,9,17H,3H2,1-2H3,(H,16,18)/b11-9-. The van der Waals surface area contributed by atoms with Crippen molar-refractivity contribution in [3.8, 4) is 6.07 Å². The molecule has 0 aliphatic carbocycles. The largest absolute Gasteiger partial charge is 0.462 e. The van der Waals surface area contributed by atoms with Gasteiger partial charge in [0, 0.05) is 24.5 Å². The molecule has 0 spiro atoms. The number of hydrogen-bond donors (Lipinski definition) is 2. The van der Waals surface area contributed by atoms with E-state index in [2.05, 4.69) is 10.6 Å². The molecule has 0 saturated carbocycles. The molecule has 0 atom stereocenters. The van der Waals surface area contributed by atoms with Crippen molar-refractivity contribution in [1.82, 2.24) is 5.32 Å². The summed E-state index contributed by atoms with van der Waals surface area (Å²) in [5, 5.41) is 14.2. The average Bonchev–Trinajstić information content (AvgIpc) is 2.48. The monoisotopic (exact) mass is 273 g/mol. The highest BCUT2D eigenvalue weighted by atomic mass is 16.5. The number of nitriles is 1. The first-order valence-electron chi connectivity index (χ1n) is 5.98. The molecular formula is C14H15N3O3. The molecule has 0 aliphatic heterocycles. The lowest BCUT2D eigenvalue weighted by Crippen LogP contribution is -2.17. The topological polar surface area (TPSA) is 91.2 Å². The van der Waals surface area contributed by atoms with Gasteiger partial charge in [0.05, 0.1) is 6.61 Å². The summed E-state index contributed by atoms with van der Waals surface area (Å²) in [4.78, 5) is 22.7. The zero-order valence-corrected chi connectivity index (χ0v) is 11.3. The Hall–Kier alpha value is -2.81. The number of carbonyl (C=O) groups excluding carboxylic acids is 2. The van der Waals surface area contributed by atoms with Gasteiger partial charge >= 0.3 is 5.97 Å². The zero-order valence-electron chi connectivity index (χ0n) is 11.3. The first-order chi connectivity index (χ1) is 9.62. The van der Waals surface area contributed by atoms with Crippen molar-refractivity contribution in [3.05, 3.63) is 41.6 Å². The maximum Gasteiger partial charge on any atom is 0.350 e. The van der Waals surface area contributed by atoms with Crippen LogP contribution in [0.2, 0.25) is 0 Å². The molecule has 1 rings (SSSR count). The number of ether oxygens (including phenoxy) is 1. The second-order valence-electron chi connectivity index (χ2n) is 3.69. The molecule has 1 aromatic rings. The Morgan fingerprint density at radius 1 is 1.35 bits per heavy atom. The third-order valence-corrected chi connectivity index (χ3v) is 2.37. The van der Waals surface area contributed by atoms with Crippen molar-refractivity contribution < 1.29 is 14.3 Å². The smallest absolute Gasteiger partial charge is 0.350 e. The molecule has 0 aliphatic rings. The van der Waals surface area contributed by atoms with Gasteiger partial charge in [0.2, 0.25) is 0 Å². The van der Waals surface area contributed by atoms with Crippen LogP contribution in [0.1, 0.15) is 17.3 Å². The lowest BCUT2D eigenvalue weighted by atomic mass is 10.2. The number of amides is 1. The highest BCUT2D eigenvalue weighted by molar-refractivity contribution is 5.94. The van der Waals surface area contributed by atoms with Crippen LogP contribution in [0.25, 0.3) is 0 Å². The van der Waals surface area contributed by atoms with Crippen LogP contribution in [-0.4, -0.2) is 25.5 Å². The van der Waals surface area contributed by atoms with E-state index in [1.807, 2.05) is 0 Å². The summed E-state index contributed by atoms with van der Waals surface area (Å²) in [6, 6.07) is 8.35. The van der Waals surface area contributed by atoms with E-state index in [1.54, 1.807) is 44.3 Å². The molecule has 20 heavy (non-hydrogen) atoms. The second-order valence-corrected chi connectivity index (χ2v) is 3.69. The van der Waals surface area contributed by atoms with Crippen LogP contribution in [0.5, 0.6) is 0 Å². The maximum absolute atomic E-state index is 11.4. The average molecular weight is 273 g/mol. The highest BCUT2D eigenvalue weighted by Gasteiger charge is 2.09. The van der Waals surface area contributed by atoms with Crippen LogP contribution >= 0.6 is 0 Å². The van der Waals surface area contributed by atoms with Gasteiger partial charge in [-0.3, -0.25) is 4.79 Å². The first kappa shape index (κ1) is 15.2. The molecule has 1 amide bonds. The van der Waals surface area contributed by atoms with Crippen molar-refractivity contribution in [2.75, 3.05) is 19.0 Å². The van der Waals surface area contributed by atoms with Crippen LogP contribution < -0.4 is 10.6 Å². The summed E-state index contributed by atoms with van der Waals surface area (Å²) in [6.45, 7) is 1.87. The third kappa shape index (κ3) is 4.14. The molecule has 0 fully saturated rings. The Labute approximate surface area is 117 Å². The van der Waals surface area contributed by atoms with Gasteiger partial charge in [-0.05, 0) is 31.2 Å². The number of hydrogen-bond acceptors (Lipinski definition) is 5. The molecule has 104 valence electrons. The van der Waals surface area contributed by atoms with Gasteiger partial charge in [-0.1, -0.05) is 0 Å². The van der Waals surface area contributed by atoms with Crippen LogP contribution in [0, 0.1) is 11.3 Å². The highest BCUT2D eigenvalue weighted by Crippen LogP contribution is 2.10. The van der Waals surface area contributed by atoms with Gasteiger partial charge in [0.25, 0.3) is 5.91 Å². The van der Waals surface area contributed by atoms with E-state index < -0.39 is 5.97 Å². The van der Waals surface area contributed by atoms with Crippen molar-refractivity contribution in [2.24, 2.45) is 0 Å². The van der Waals surface area contributed by atoms with Crippen molar-refractivity contribution in [2.45, 2.75) is 6.92 Å². The molecule has 1 aromatic carbocycles. The number of nitrogens with one attached hydrogen (secondary N) is 2. The Bertz CT molecular complexity index is 556. The van der Waals surface area contributed by atoms with Crippen LogP contribution in [0.3, 0.4) is 0 Å². The van der Waals surface area contributed by atoms with Crippen LogP contribution in [0.4, 0.5) is 5.69 Å². The molecule has 0 heterocycles. The number of esters is 1. The Morgan fingerprint density at radius 3 is 2.50 bits per heavy atom. The Balaban J connectivity index is 2.76. The van der Waals surface area contributed by atoms with E-state index in [0.29, 0.717) is 11.3 Å². The van der Waals surface area contributed by atoms with Crippen LogP contribution in [0.15, 0.2) is 36.0 Å². The minimum atomic E-state index is -0.676. The molecular weight excluding hydrogens is 258 g/mol. The molecule has 0 unspecified atom stereocenters. The van der Waals surface area contributed by atoms with Crippen molar-refractivity contribution in [3.63, 3.8) is 0 Å². The fraction of sp³-hybridized carbons (Fsp3) is 0.214. The lowest BCUT2D eigenvalue weighted by molar-refractivity contribution is -0.138. The molecule has 0 aromatic heterocycles. The van der Waals surface area contributed by atoms with Gasteiger partial charge < -0.3 is 15.4 Å². The van der Waals surface area contributed by atoms with E-state index in [1.165, 1.54) is 6.20 Å². The van der Waals surface area contributed by atoms with E-state index in [-0.39, 0.29) is 18.1 Å². The second kappa shape index (κ2) is 7.59. The summed E-state index contributed by atoms with van der Waals surface area (Å²) in [6.07, 6.45) is 1.27. The van der Waals surface area contributed by atoms with Crippen molar-refractivity contribution >= 4 is 17.6 Å². The number of benzene rings is 1. The van der Waals surface area contributed by atoms with Crippen molar-refractivity contribution in [1.29, 1.82) is 5.26 Å². The minimum Gasteiger partial charge on any atom is -0.462 e. The molecule has 0 saturated heterocycles. The van der Waals surface area contributed by atoms with Gasteiger partial charge in [0.15, 0.2) is 5.57 Å². The lowest BCUT2D eigenvalue weighted by Gasteiger charge is -2.04. The summed E-state index contributed by atoms with van der Waals surface area (Å²) >= 11 is 0. The summed E-state index contributed by atoms with van der Waals surface area (Å²) in [5.74, 6) is -0.860. The number of rotatable bonds is 5. The Morgan fingerprint density at radius 2 is 2.00 bits per heavy atom. The Kier molecular flexibility index (Phi) is 5.78. The molecule has 0 bridgehead atoms. The number of carbonyl (C=O) groups is 2. The fourth-order valence-corrected chi connectivity index (χ4v) is 1.36. The molecule has 2 N–H and O–H groups in total. The molecule has 6 nitrogen and oxygen atoms in total. The number of nitrogens with zero attached hydrogens (tertiary/aromatic N) is 1. The summed E-state index contributed by atoms with van der Waals surface area (Å²) in [7, 11) is 1.55. The predicted molar refractivity (Wildman–Crippen MR) is 73.8 cm³/mol. The quantitative estimate of drug-likeness (QED) is 0.481. The van der Waals surface area contributed by atoms with E-state index in [0.717, 1.165) is 0 Å². The van der Waals surface area contributed by atoms with Gasteiger partial charge in [-0.25, -0.2) is 4.79 Å². The summed E-state index contributed by atoms with van der Waals surface area (Å²) in [5.41, 5.74) is 1.05. The fourth-order valence-electron chi connectivity index (χ4n) is 1.36. The molecule has 6 heteroatoms. The van der Waals surface area contributed by atoms with E-state index in [9.17, 15) is 9.59 Å². The van der Waals surface area contributed by atoms with Crippen LogP contribution in [-0.2, 0) is 9.53 Å². The summed E-state index contributed by atoms with van der Waals surface area (Å²) < 4.78 is 4.73. The van der Waals surface area contributed by atoms with Gasteiger partial charge in [-0.2, -0.15) is 5.26 Å². The van der Waals surface area contributed by atoms with E-state index in [4.69, 9.17) is 10.00 Å². The van der Waals surface area contributed by atoms with Gasteiger partial charge in [-0.15, -0.1) is 0 Å². The SMILES string of the molecule is CCOC(=O)/C(C#N)=C\Nc1ccc(C(=O)NC)cc1. The minimum absolute atomic E-state index is 0.123. The third-order valence-electron chi connectivity index (χ3n) is 2.37. The zero-order chi connectivity index (χ0) is 15.0. The first-order valence-corrected chi connectivity index (χ1v) is 5.98. The maximum atomic E-state index is 11.4. The molecule has 0 radical (unpaired) electrons. The predicted octanol–water partition coefficient (Wildman–Crippen LogP) is 1.43. The van der Waals surface area contributed by atoms with Gasteiger partial charge in [0.1, 0.15) is 6.07 Å². The van der Waals surface area contributed by atoms with E-state index >= 15 is 0 Å².